The summed E-state index contributed by atoms with van der Waals surface area (Å²) in [5.74, 6) is 0.242. The number of phenolic OH excluding ortho intramolecular Hbond substituents is 1. The number of carbonyl (C=O) groups is 1. The highest BCUT2D eigenvalue weighted by molar-refractivity contribution is 6.36. The van der Waals surface area contributed by atoms with E-state index in [2.05, 4.69) is 9.98 Å². The van der Waals surface area contributed by atoms with E-state index in [1.807, 2.05) is 25.1 Å². The van der Waals surface area contributed by atoms with Crippen molar-refractivity contribution >= 4 is 52.2 Å². The smallest absolute Gasteiger partial charge is 0.345 e. The predicted molar refractivity (Wildman–Crippen MR) is 148 cm³/mol. The minimum Gasteiger partial charge on any atom is -0.507 e. The van der Waals surface area contributed by atoms with Gasteiger partial charge in [0.25, 0.3) is 0 Å². The monoisotopic (exact) mass is 546 g/mol. The van der Waals surface area contributed by atoms with E-state index >= 15 is 0 Å². The first kappa shape index (κ1) is 25.3. The summed E-state index contributed by atoms with van der Waals surface area (Å²) in [6, 6.07) is 20.1. The molecule has 0 aliphatic rings. The number of methoxy groups -OCH3 is 1. The van der Waals surface area contributed by atoms with Crippen LogP contribution in [0.3, 0.4) is 0 Å². The molecular weight excluding hydrogens is 527 g/mol. The molecule has 1 aromatic heterocycles. The molecule has 190 valence electrons. The molecule has 5 rings (SSSR count). The number of nitrogens with zero attached hydrogens (tertiary/aromatic N) is 2. The van der Waals surface area contributed by atoms with Crippen LogP contribution < -0.4 is 9.47 Å². The van der Waals surface area contributed by atoms with Crippen molar-refractivity contribution in [2.45, 2.75) is 6.92 Å². The van der Waals surface area contributed by atoms with Gasteiger partial charge in [0.05, 0.1) is 28.9 Å². The van der Waals surface area contributed by atoms with Crippen molar-refractivity contribution in [3.05, 3.63) is 99.5 Å². The summed E-state index contributed by atoms with van der Waals surface area (Å²) in [5.41, 5.74) is 4.27. The minimum absolute atomic E-state index is 0.0286. The van der Waals surface area contributed by atoms with Crippen LogP contribution in [-0.2, 0) is 0 Å². The van der Waals surface area contributed by atoms with Gasteiger partial charge in [0.1, 0.15) is 11.3 Å². The molecule has 0 aliphatic carbocycles. The van der Waals surface area contributed by atoms with Gasteiger partial charge in [0.15, 0.2) is 17.1 Å². The van der Waals surface area contributed by atoms with Crippen LogP contribution in [0.15, 0.2) is 82.2 Å². The molecule has 7 nitrogen and oxygen atoms in total. The van der Waals surface area contributed by atoms with Crippen LogP contribution in [0.1, 0.15) is 21.5 Å². The topological polar surface area (TPSA) is 94.2 Å². The fourth-order valence-corrected chi connectivity index (χ4v) is 4.22. The number of halogens is 2. The third-order valence-electron chi connectivity index (χ3n) is 5.66. The summed E-state index contributed by atoms with van der Waals surface area (Å²) < 4.78 is 16.7. The molecule has 0 bridgehead atoms. The quantitative estimate of drug-likeness (QED) is 0.133. The first-order chi connectivity index (χ1) is 18.3. The number of aromatic hydroxyl groups is 1. The average molecular weight is 547 g/mol. The second-order valence-electron chi connectivity index (χ2n) is 8.37. The molecule has 1 heterocycles. The lowest BCUT2D eigenvalue weighted by Crippen LogP contribution is -2.10. The van der Waals surface area contributed by atoms with Crippen LogP contribution in [0.25, 0.3) is 22.6 Å². The van der Waals surface area contributed by atoms with Crippen LogP contribution in [0.5, 0.6) is 17.2 Å². The number of hydrogen-bond acceptors (Lipinski definition) is 7. The Morgan fingerprint density at radius 2 is 1.84 bits per heavy atom. The van der Waals surface area contributed by atoms with Gasteiger partial charge in [0, 0.05) is 11.2 Å². The van der Waals surface area contributed by atoms with Crippen molar-refractivity contribution in [2.75, 3.05) is 7.11 Å². The van der Waals surface area contributed by atoms with E-state index in [0.717, 1.165) is 5.56 Å². The van der Waals surface area contributed by atoms with E-state index in [1.165, 1.54) is 25.3 Å². The van der Waals surface area contributed by atoms with E-state index < -0.39 is 5.97 Å². The number of benzene rings is 4. The molecule has 5 aromatic rings. The summed E-state index contributed by atoms with van der Waals surface area (Å²) in [6.07, 6.45) is 1.62. The van der Waals surface area contributed by atoms with E-state index in [1.54, 1.807) is 42.6 Å². The minimum atomic E-state index is -0.641. The van der Waals surface area contributed by atoms with Gasteiger partial charge in [-0.25, -0.2) is 9.78 Å². The van der Waals surface area contributed by atoms with Gasteiger partial charge in [-0.2, -0.15) is 0 Å². The maximum atomic E-state index is 12.6. The molecule has 0 unspecified atom stereocenters. The van der Waals surface area contributed by atoms with Crippen molar-refractivity contribution in [1.82, 2.24) is 4.98 Å². The number of rotatable bonds is 6. The molecule has 0 atom stereocenters. The Morgan fingerprint density at radius 3 is 2.63 bits per heavy atom. The highest BCUT2D eigenvalue weighted by Gasteiger charge is 2.17. The number of aromatic nitrogens is 1. The normalized spacial score (nSPS) is 11.3. The molecule has 4 aromatic carbocycles. The Labute approximate surface area is 227 Å². The lowest BCUT2D eigenvalue weighted by Gasteiger charge is -2.10. The number of oxazole rings is 1. The SMILES string of the molecule is COc1cc(C=Nc2ccc(O)c(-c3nc4cc(C)ccc4o3)c2)ccc1OC(=O)c1ccc(Cl)cc1Cl. The lowest BCUT2D eigenvalue weighted by molar-refractivity contribution is 0.0730. The second-order valence-corrected chi connectivity index (χ2v) is 9.22. The van der Waals surface area contributed by atoms with Gasteiger partial charge in [0.2, 0.25) is 5.89 Å². The number of hydrogen-bond donors (Lipinski definition) is 1. The fraction of sp³-hybridized carbons (Fsp3) is 0.0690. The maximum absolute atomic E-state index is 12.6. The zero-order valence-electron chi connectivity index (χ0n) is 20.2. The zero-order chi connectivity index (χ0) is 26.8. The molecule has 0 fully saturated rings. The number of aryl methyl sites for hydroxylation is 1. The van der Waals surface area contributed by atoms with Gasteiger partial charge in [-0.05, 0) is 84.8 Å². The van der Waals surface area contributed by atoms with Crippen molar-refractivity contribution < 1.29 is 23.8 Å². The summed E-state index contributed by atoms with van der Waals surface area (Å²) >= 11 is 12.0. The van der Waals surface area contributed by atoms with Crippen LogP contribution in [0.4, 0.5) is 5.69 Å². The van der Waals surface area contributed by atoms with Gasteiger partial charge >= 0.3 is 5.97 Å². The summed E-state index contributed by atoms with van der Waals surface area (Å²) in [4.78, 5) is 21.6. The van der Waals surface area contributed by atoms with Crippen molar-refractivity contribution in [3.8, 4) is 28.7 Å². The molecule has 0 radical (unpaired) electrons. The third-order valence-corrected chi connectivity index (χ3v) is 6.21. The summed E-state index contributed by atoms with van der Waals surface area (Å²) in [7, 11) is 1.47. The summed E-state index contributed by atoms with van der Waals surface area (Å²) in [5, 5.41) is 11.0. The molecular formula is C29H20Cl2N2O5. The molecule has 0 saturated heterocycles. The number of aliphatic imine (C=N–C) groups is 1. The van der Waals surface area contributed by atoms with E-state index in [4.69, 9.17) is 37.1 Å². The zero-order valence-corrected chi connectivity index (χ0v) is 21.7. The Hall–Kier alpha value is -4.33. The number of carbonyl (C=O) groups excluding carboxylic acids is 1. The van der Waals surface area contributed by atoms with Crippen LogP contribution in [0.2, 0.25) is 10.0 Å². The third kappa shape index (κ3) is 5.34. The predicted octanol–water partition coefficient (Wildman–Crippen LogP) is 7.79. The highest BCUT2D eigenvalue weighted by Crippen LogP contribution is 2.35. The van der Waals surface area contributed by atoms with E-state index in [9.17, 15) is 9.90 Å². The molecule has 0 saturated carbocycles. The van der Waals surface area contributed by atoms with Gasteiger partial charge in [-0.3, -0.25) is 4.99 Å². The average Bonchev–Trinajstić information content (AvgIpc) is 3.31. The first-order valence-electron chi connectivity index (χ1n) is 11.4. The largest absolute Gasteiger partial charge is 0.507 e. The van der Waals surface area contributed by atoms with Crippen LogP contribution in [0, 0.1) is 6.92 Å². The molecule has 1 N–H and O–H groups in total. The van der Waals surface area contributed by atoms with E-state index in [-0.39, 0.29) is 22.1 Å². The molecule has 0 amide bonds. The first-order valence-corrected chi connectivity index (χ1v) is 12.2. The van der Waals surface area contributed by atoms with Crippen LogP contribution >= 0.6 is 23.2 Å². The Balaban J connectivity index is 1.37. The maximum Gasteiger partial charge on any atom is 0.345 e. The van der Waals surface area contributed by atoms with Crippen LogP contribution in [-0.4, -0.2) is 29.4 Å². The number of ether oxygens (including phenoxy) is 2. The second kappa shape index (κ2) is 10.6. The Bertz CT molecular complexity index is 1710. The number of esters is 1. The standard InChI is InChI=1S/C29H20Cl2N2O5/c1-16-3-9-25-23(11-16)33-28(37-25)21-14-19(6-8-24(21)34)32-15-17-4-10-26(27(12-17)36-2)38-29(35)20-7-5-18(30)13-22(20)31/h3-15,34H,1-2H3. The Kier molecular flexibility index (Phi) is 7.05. The molecule has 0 spiro atoms. The number of fused-ring (bicyclic) bond motifs is 1. The number of phenols is 1. The van der Waals surface area contributed by atoms with Crippen molar-refractivity contribution in [1.29, 1.82) is 0 Å². The van der Waals surface area contributed by atoms with E-state index in [0.29, 0.717) is 44.6 Å². The van der Waals surface area contributed by atoms with Gasteiger partial charge in [-0.1, -0.05) is 29.3 Å². The fourth-order valence-electron chi connectivity index (χ4n) is 3.74. The molecule has 38 heavy (non-hydrogen) atoms. The Morgan fingerprint density at radius 1 is 1.00 bits per heavy atom. The highest BCUT2D eigenvalue weighted by atomic mass is 35.5. The summed E-state index contributed by atoms with van der Waals surface area (Å²) in [6.45, 7) is 1.97. The lowest BCUT2D eigenvalue weighted by atomic mass is 10.1. The van der Waals surface area contributed by atoms with Crippen molar-refractivity contribution in [2.24, 2.45) is 4.99 Å². The molecule has 0 aliphatic heterocycles. The van der Waals surface area contributed by atoms with Gasteiger partial charge in [-0.15, -0.1) is 0 Å². The molecule has 9 heteroatoms. The van der Waals surface area contributed by atoms with Gasteiger partial charge < -0.3 is 19.0 Å². The van der Waals surface area contributed by atoms with Crippen molar-refractivity contribution in [3.63, 3.8) is 0 Å².